The molecule has 20 heavy (non-hydrogen) atoms. The van der Waals surface area contributed by atoms with Crippen molar-refractivity contribution in [2.45, 2.75) is 45.6 Å². The summed E-state index contributed by atoms with van der Waals surface area (Å²) in [5.74, 6) is -0.0149. The molecule has 0 radical (unpaired) electrons. The summed E-state index contributed by atoms with van der Waals surface area (Å²) in [6, 6.07) is 6.03. The molecular formula is C16H25N3O. The van der Waals surface area contributed by atoms with Crippen molar-refractivity contribution < 1.29 is 4.79 Å². The molecule has 1 unspecified atom stereocenters. The summed E-state index contributed by atoms with van der Waals surface area (Å²) < 4.78 is 0. The minimum absolute atomic E-state index is 0.0149. The van der Waals surface area contributed by atoms with Gasteiger partial charge >= 0.3 is 0 Å². The molecule has 1 amide bonds. The van der Waals surface area contributed by atoms with Crippen LogP contribution in [-0.4, -0.2) is 25.0 Å². The Hall–Kier alpha value is -1.71. The van der Waals surface area contributed by atoms with Crippen LogP contribution in [-0.2, 0) is 0 Å². The van der Waals surface area contributed by atoms with Gasteiger partial charge in [0.15, 0.2) is 0 Å². The highest BCUT2D eigenvalue weighted by atomic mass is 16.1. The first-order chi connectivity index (χ1) is 9.63. The van der Waals surface area contributed by atoms with Crippen LogP contribution in [0, 0.1) is 0 Å². The van der Waals surface area contributed by atoms with Gasteiger partial charge in [0.05, 0.1) is 11.3 Å². The van der Waals surface area contributed by atoms with E-state index in [4.69, 9.17) is 5.73 Å². The third-order valence-electron chi connectivity index (χ3n) is 3.97. The van der Waals surface area contributed by atoms with E-state index in [1.54, 1.807) is 6.07 Å². The van der Waals surface area contributed by atoms with E-state index in [-0.39, 0.29) is 5.91 Å². The van der Waals surface area contributed by atoms with E-state index < -0.39 is 0 Å². The van der Waals surface area contributed by atoms with Crippen molar-refractivity contribution in [2.75, 3.05) is 23.7 Å². The van der Waals surface area contributed by atoms with Crippen LogP contribution in [0.15, 0.2) is 18.2 Å². The Morgan fingerprint density at radius 1 is 1.40 bits per heavy atom. The Kier molecular flexibility index (Phi) is 4.88. The molecule has 1 fully saturated rings. The molecule has 1 aromatic rings. The van der Waals surface area contributed by atoms with Crippen molar-refractivity contribution >= 4 is 17.3 Å². The van der Waals surface area contributed by atoms with E-state index in [0.29, 0.717) is 18.3 Å². The second-order valence-electron chi connectivity index (χ2n) is 5.53. The third kappa shape index (κ3) is 3.24. The lowest BCUT2D eigenvalue weighted by molar-refractivity contribution is 0.0956. The lowest BCUT2D eigenvalue weighted by Gasteiger charge is -2.31. The summed E-state index contributed by atoms with van der Waals surface area (Å²) in [5.41, 5.74) is 8.36. The minimum Gasteiger partial charge on any atom is -0.399 e. The Balaban J connectivity index is 2.37. The Morgan fingerprint density at radius 3 is 2.95 bits per heavy atom. The van der Waals surface area contributed by atoms with Crippen LogP contribution in [0.25, 0.3) is 0 Å². The van der Waals surface area contributed by atoms with Gasteiger partial charge in [-0.1, -0.05) is 12.8 Å². The number of carbonyl (C=O) groups is 1. The Labute approximate surface area is 121 Å². The maximum atomic E-state index is 12.2. The normalized spacial score (nSPS) is 19.5. The van der Waals surface area contributed by atoms with Gasteiger partial charge in [-0.3, -0.25) is 4.79 Å². The lowest BCUT2D eigenvalue weighted by atomic mass is 10.1. The predicted molar refractivity (Wildman–Crippen MR) is 84.1 cm³/mol. The summed E-state index contributed by atoms with van der Waals surface area (Å²) in [5, 5.41) is 2.88. The van der Waals surface area contributed by atoms with Crippen molar-refractivity contribution in [3.8, 4) is 0 Å². The van der Waals surface area contributed by atoms with E-state index in [2.05, 4.69) is 17.1 Å². The molecular weight excluding hydrogens is 250 g/mol. The lowest BCUT2D eigenvalue weighted by Crippen LogP contribution is -2.35. The van der Waals surface area contributed by atoms with Gasteiger partial charge in [-0.25, -0.2) is 0 Å². The fourth-order valence-corrected chi connectivity index (χ4v) is 2.87. The second-order valence-corrected chi connectivity index (χ2v) is 5.53. The first kappa shape index (κ1) is 14.7. The van der Waals surface area contributed by atoms with Crippen LogP contribution in [0.4, 0.5) is 11.4 Å². The van der Waals surface area contributed by atoms with Gasteiger partial charge in [0, 0.05) is 24.8 Å². The highest BCUT2D eigenvalue weighted by molar-refractivity contribution is 6.00. The molecule has 0 bridgehead atoms. The van der Waals surface area contributed by atoms with Gasteiger partial charge < -0.3 is 16.0 Å². The van der Waals surface area contributed by atoms with Crippen molar-refractivity contribution in [1.29, 1.82) is 0 Å². The SMILES string of the molecule is CCNC(=O)c1ccc(N)cc1N1CCCCCC1C. The molecule has 1 aromatic carbocycles. The maximum absolute atomic E-state index is 12.2. The highest BCUT2D eigenvalue weighted by Crippen LogP contribution is 2.29. The van der Waals surface area contributed by atoms with Gasteiger partial charge in [-0.05, 0) is 44.9 Å². The van der Waals surface area contributed by atoms with Gasteiger partial charge in [-0.15, -0.1) is 0 Å². The topological polar surface area (TPSA) is 58.4 Å². The monoisotopic (exact) mass is 275 g/mol. The zero-order chi connectivity index (χ0) is 14.5. The fourth-order valence-electron chi connectivity index (χ4n) is 2.87. The third-order valence-corrected chi connectivity index (χ3v) is 3.97. The molecule has 1 aliphatic rings. The van der Waals surface area contributed by atoms with E-state index in [0.717, 1.165) is 17.8 Å². The number of benzene rings is 1. The van der Waals surface area contributed by atoms with Crippen molar-refractivity contribution in [3.63, 3.8) is 0 Å². The first-order valence-corrected chi connectivity index (χ1v) is 7.58. The molecule has 3 N–H and O–H groups in total. The molecule has 1 heterocycles. The number of nitrogens with two attached hydrogens (primary N) is 1. The van der Waals surface area contributed by atoms with E-state index >= 15 is 0 Å². The number of rotatable bonds is 3. The number of nitrogen functional groups attached to an aromatic ring is 1. The van der Waals surface area contributed by atoms with Gasteiger partial charge in [0.25, 0.3) is 5.91 Å². The van der Waals surface area contributed by atoms with Gasteiger partial charge in [0.1, 0.15) is 0 Å². The smallest absolute Gasteiger partial charge is 0.253 e. The highest BCUT2D eigenvalue weighted by Gasteiger charge is 2.22. The number of hydrogen-bond acceptors (Lipinski definition) is 3. The number of carbonyl (C=O) groups excluding carboxylic acids is 1. The first-order valence-electron chi connectivity index (χ1n) is 7.58. The predicted octanol–water partition coefficient (Wildman–Crippen LogP) is 2.79. The van der Waals surface area contributed by atoms with Crippen molar-refractivity contribution in [3.05, 3.63) is 23.8 Å². The molecule has 1 saturated heterocycles. The summed E-state index contributed by atoms with van der Waals surface area (Å²) in [6.45, 7) is 5.80. The Morgan fingerprint density at radius 2 is 2.20 bits per heavy atom. The molecule has 0 aliphatic carbocycles. The zero-order valence-corrected chi connectivity index (χ0v) is 12.5. The Bertz CT molecular complexity index is 473. The van der Waals surface area contributed by atoms with Crippen LogP contribution in [0.2, 0.25) is 0 Å². The average Bonchev–Trinajstić information content (AvgIpc) is 2.63. The van der Waals surface area contributed by atoms with Crippen LogP contribution in [0.1, 0.15) is 49.9 Å². The van der Waals surface area contributed by atoms with Crippen LogP contribution in [0.3, 0.4) is 0 Å². The quantitative estimate of drug-likeness (QED) is 0.834. The standard InChI is InChI=1S/C16H25N3O/c1-3-18-16(20)14-9-8-13(17)11-15(14)19-10-6-4-5-7-12(19)2/h8-9,11-12H,3-7,10,17H2,1-2H3,(H,18,20). The largest absolute Gasteiger partial charge is 0.399 e. The number of hydrogen-bond donors (Lipinski definition) is 2. The molecule has 0 saturated carbocycles. The summed E-state index contributed by atoms with van der Waals surface area (Å²) in [7, 11) is 0. The molecule has 0 aromatic heterocycles. The van der Waals surface area contributed by atoms with Crippen LogP contribution >= 0.6 is 0 Å². The molecule has 1 aliphatic heterocycles. The molecule has 4 nitrogen and oxygen atoms in total. The number of nitrogens with zero attached hydrogens (tertiary/aromatic N) is 1. The van der Waals surface area contributed by atoms with Crippen molar-refractivity contribution in [2.24, 2.45) is 0 Å². The summed E-state index contributed by atoms with van der Waals surface area (Å²) >= 11 is 0. The van der Waals surface area contributed by atoms with E-state index in [1.165, 1.54) is 25.7 Å². The number of nitrogens with one attached hydrogen (secondary N) is 1. The van der Waals surface area contributed by atoms with E-state index in [1.807, 2.05) is 19.1 Å². The average molecular weight is 275 g/mol. The molecule has 110 valence electrons. The van der Waals surface area contributed by atoms with Crippen LogP contribution < -0.4 is 16.0 Å². The number of amides is 1. The van der Waals surface area contributed by atoms with Gasteiger partial charge in [-0.2, -0.15) is 0 Å². The van der Waals surface area contributed by atoms with Gasteiger partial charge in [0.2, 0.25) is 0 Å². The fraction of sp³-hybridized carbons (Fsp3) is 0.562. The summed E-state index contributed by atoms with van der Waals surface area (Å²) in [6.07, 6.45) is 4.87. The van der Waals surface area contributed by atoms with E-state index in [9.17, 15) is 4.79 Å². The van der Waals surface area contributed by atoms with Crippen LogP contribution in [0.5, 0.6) is 0 Å². The maximum Gasteiger partial charge on any atom is 0.253 e. The zero-order valence-electron chi connectivity index (χ0n) is 12.5. The summed E-state index contributed by atoms with van der Waals surface area (Å²) in [4.78, 5) is 14.6. The molecule has 1 atom stereocenters. The number of anilines is 2. The van der Waals surface area contributed by atoms with Crippen molar-refractivity contribution in [1.82, 2.24) is 5.32 Å². The molecule has 2 rings (SSSR count). The minimum atomic E-state index is -0.0149. The molecule has 0 spiro atoms. The molecule has 4 heteroatoms. The second kappa shape index (κ2) is 6.64.